The molecule has 19 heavy (non-hydrogen) atoms. The Balaban J connectivity index is 2.15. The Morgan fingerprint density at radius 3 is 2.05 bits per heavy atom. The molecule has 2 aromatic carbocycles. The number of alkyl halides is 3. The van der Waals surface area contributed by atoms with Crippen LogP contribution in [-0.2, 0) is 0 Å². The molecule has 0 amide bonds. The molecule has 0 bridgehead atoms. The van der Waals surface area contributed by atoms with Gasteiger partial charge in [-0.1, -0.05) is 12.1 Å². The molecular formula is C13H10F3NO2. The lowest BCUT2D eigenvalue weighted by molar-refractivity contribution is -0.274. The van der Waals surface area contributed by atoms with Crippen molar-refractivity contribution in [3.63, 3.8) is 0 Å². The first-order chi connectivity index (χ1) is 8.92. The maximum atomic E-state index is 12.1. The van der Waals surface area contributed by atoms with Crippen molar-refractivity contribution in [1.82, 2.24) is 0 Å². The Morgan fingerprint density at radius 2 is 1.42 bits per heavy atom. The Morgan fingerprint density at radius 1 is 0.842 bits per heavy atom. The molecule has 0 saturated carbocycles. The van der Waals surface area contributed by atoms with Crippen LogP contribution in [0.3, 0.4) is 0 Å². The van der Waals surface area contributed by atoms with Crippen LogP contribution >= 0.6 is 0 Å². The first-order valence-corrected chi connectivity index (χ1v) is 5.31. The van der Waals surface area contributed by atoms with Crippen LogP contribution in [0.4, 0.5) is 18.9 Å². The second-order valence-corrected chi connectivity index (χ2v) is 3.70. The summed E-state index contributed by atoms with van der Waals surface area (Å²) in [6.45, 7) is 0. The van der Waals surface area contributed by atoms with E-state index in [4.69, 9.17) is 10.5 Å². The van der Waals surface area contributed by atoms with Gasteiger partial charge in [0, 0.05) is 17.8 Å². The minimum Gasteiger partial charge on any atom is -0.457 e. The normalized spacial score (nSPS) is 11.1. The second-order valence-electron chi connectivity index (χ2n) is 3.70. The lowest BCUT2D eigenvalue weighted by Crippen LogP contribution is -2.16. The van der Waals surface area contributed by atoms with Gasteiger partial charge in [0.1, 0.15) is 17.2 Å². The summed E-state index contributed by atoms with van der Waals surface area (Å²) in [6, 6.07) is 11.8. The van der Waals surface area contributed by atoms with Crippen molar-refractivity contribution in [3.8, 4) is 17.2 Å². The summed E-state index contributed by atoms with van der Waals surface area (Å²) in [5.74, 6) is 0.324. The summed E-state index contributed by atoms with van der Waals surface area (Å²) in [6.07, 6.45) is -4.73. The van der Waals surface area contributed by atoms with Gasteiger partial charge in [-0.05, 0) is 24.3 Å². The van der Waals surface area contributed by atoms with Gasteiger partial charge in [0.15, 0.2) is 0 Å². The van der Waals surface area contributed by atoms with Gasteiger partial charge in [-0.2, -0.15) is 0 Å². The molecular weight excluding hydrogens is 259 g/mol. The average Bonchev–Trinajstić information content (AvgIpc) is 2.27. The van der Waals surface area contributed by atoms with Crippen molar-refractivity contribution in [1.29, 1.82) is 0 Å². The minimum atomic E-state index is -4.73. The monoisotopic (exact) mass is 269 g/mol. The standard InChI is InChI=1S/C13H10F3NO2/c14-13(15,16)19-12-6-2-5-11(8-12)18-10-4-1-3-9(17)7-10/h1-8H,17H2. The molecule has 6 heteroatoms. The highest BCUT2D eigenvalue weighted by molar-refractivity contribution is 5.45. The van der Waals surface area contributed by atoms with Gasteiger partial charge in [0.2, 0.25) is 0 Å². The van der Waals surface area contributed by atoms with Gasteiger partial charge in [-0.15, -0.1) is 13.2 Å². The molecule has 2 rings (SSSR count). The highest BCUT2D eigenvalue weighted by atomic mass is 19.4. The van der Waals surface area contributed by atoms with E-state index in [-0.39, 0.29) is 11.5 Å². The number of ether oxygens (including phenoxy) is 2. The molecule has 0 saturated heterocycles. The minimum absolute atomic E-state index is 0.229. The van der Waals surface area contributed by atoms with E-state index in [1.54, 1.807) is 24.3 Å². The largest absolute Gasteiger partial charge is 0.573 e. The molecule has 0 spiro atoms. The third-order valence-corrected chi connectivity index (χ3v) is 2.13. The summed E-state index contributed by atoms with van der Waals surface area (Å²) in [5, 5.41) is 0. The van der Waals surface area contributed by atoms with Crippen LogP contribution in [0.1, 0.15) is 0 Å². The van der Waals surface area contributed by atoms with E-state index in [2.05, 4.69) is 4.74 Å². The third-order valence-electron chi connectivity index (χ3n) is 2.13. The summed E-state index contributed by atoms with van der Waals surface area (Å²) in [4.78, 5) is 0. The van der Waals surface area contributed by atoms with Crippen molar-refractivity contribution < 1.29 is 22.6 Å². The molecule has 0 aliphatic rings. The number of nitrogen functional groups attached to an aromatic ring is 1. The van der Waals surface area contributed by atoms with Gasteiger partial charge in [-0.25, -0.2) is 0 Å². The Labute approximate surface area is 107 Å². The number of hydrogen-bond acceptors (Lipinski definition) is 3. The molecule has 100 valence electrons. The summed E-state index contributed by atoms with van der Waals surface area (Å²) in [7, 11) is 0. The first-order valence-electron chi connectivity index (χ1n) is 5.31. The zero-order chi connectivity index (χ0) is 13.9. The van der Waals surface area contributed by atoms with Crippen molar-refractivity contribution >= 4 is 5.69 Å². The van der Waals surface area contributed by atoms with Gasteiger partial charge in [0.25, 0.3) is 0 Å². The molecule has 0 fully saturated rings. The fraction of sp³-hybridized carbons (Fsp3) is 0.0769. The lowest BCUT2D eigenvalue weighted by atomic mass is 10.3. The molecule has 3 nitrogen and oxygen atoms in total. The van der Waals surface area contributed by atoms with E-state index in [0.717, 1.165) is 6.07 Å². The fourth-order valence-electron chi connectivity index (χ4n) is 1.45. The van der Waals surface area contributed by atoms with Crippen molar-refractivity contribution in [2.75, 3.05) is 5.73 Å². The van der Waals surface area contributed by atoms with Crippen LogP contribution in [0.15, 0.2) is 48.5 Å². The molecule has 0 atom stereocenters. The van der Waals surface area contributed by atoms with Crippen molar-refractivity contribution in [2.45, 2.75) is 6.36 Å². The van der Waals surface area contributed by atoms with Gasteiger partial charge in [0.05, 0.1) is 0 Å². The SMILES string of the molecule is Nc1cccc(Oc2cccc(OC(F)(F)F)c2)c1. The van der Waals surface area contributed by atoms with Crippen LogP contribution in [0.5, 0.6) is 17.2 Å². The van der Waals surface area contributed by atoms with Crippen LogP contribution < -0.4 is 15.2 Å². The summed E-state index contributed by atoms with van der Waals surface area (Å²) < 4.78 is 45.4. The number of nitrogens with two attached hydrogens (primary N) is 1. The molecule has 0 aromatic heterocycles. The summed E-state index contributed by atoms with van der Waals surface area (Å²) in [5.41, 5.74) is 6.07. The van der Waals surface area contributed by atoms with Crippen LogP contribution in [0, 0.1) is 0 Å². The van der Waals surface area contributed by atoms with E-state index in [1.807, 2.05) is 0 Å². The van der Waals surface area contributed by atoms with Gasteiger partial charge < -0.3 is 15.2 Å². The number of hydrogen-bond donors (Lipinski definition) is 1. The van der Waals surface area contributed by atoms with Crippen molar-refractivity contribution in [3.05, 3.63) is 48.5 Å². The van der Waals surface area contributed by atoms with E-state index < -0.39 is 6.36 Å². The molecule has 0 aliphatic heterocycles. The van der Waals surface area contributed by atoms with E-state index >= 15 is 0 Å². The Hall–Kier alpha value is -2.37. The smallest absolute Gasteiger partial charge is 0.457 e. The maximum absolute atomic E-state index is 12.1. The van der Waals surface area contributed by atoms with E-state index in [0.29, 0.717) is 11.4 Å². The van der Waals surface area contributed by atoms with Gasteiger partial charge >= 0.3 is 6.36 Å². The predicted molar refractivity (Wildman–Crippen MR) is 64.1 cm³/mol. The highest BCUT2D eigenvalue weighted by Crippen LogP contribution is 2.29. The molecule has 2 aromatic rings. The van der Waals surface area contributed by atoms with Crippen LogP contribution in [0.25, 0.3) is 0 Å². The molecule has 0 radical (unpaired) electrons. The molecule has 0 heterocycles. The number of benzene rings is 2. The number of rotatable bonds is 3. The number of halogens is 3. The average molecular weight is 269 g/mol. The Bertz CT molecular complexity index is 570. The van der Waals surface area contributed by atoms with Crippen LogP contribution in [0.2, 0.25) is 0 Å². The topological polar surface area (TPSA) is 44.5 Å². The highest BCUT2D eigenvalue weighted by Gasteiger charge is 2.31. The quantitative estimate of drug-likeness (QED) is 0.858. The molecule has 0 unspecified atom stereocenters. The van der Waals surface area contributed by atoms with Crippen molar-refractivity contribution in [2.24, 2.45) is 0 Å². The predicted octanol–water partition coefficient (Wildman–Crippen LogP) is 3.96. The third kappa shape index (κ3) is 4.09. The lowest BCUT2D eigenvalue weighted by Gasteiger charge is -2.11. The Kier molecular flexibility index (Phi) is 3.50. The molecule has 0 aliphatic carbocycles. The van der Waals surface area contributed by atoms with E-state index in [9.17, 15) is 13.2 Å². The van der Waals surface area contributed by atoms with Gasteiger partial charge in [-0.3, -0.25) is 0 Å². The fourth-order valence-corrected chi connectivity index (χ4v) is 1.45. The zero-order valence-electron chi connectivity index (χ0n) is 9.65. The zero-order valence-corrected chi connectivity index (χ0v) is 9.65. The summed E-state index contributed by atoms with van der Waals surface area (Å²) >= 11 is 0. The number of anilines is 1. The van der Waals surface area contributed by atoms with E-state index in [1.165, 1.54) is 18.2 Å². The van der Waals surface area contributed by atoms with Crippen LogP contribution in [-0.4, -0.2) is 6.36 Å². The first kappa shape index (κ1) is 13.1. The maximum Gasteiger partial charge on any atom is 0.573 e. The molecule has 2 N–H and O–H groups in total. The second kappa shape index (κ2) is 5.09.